The molecule has 2 rings (SSSR count). The number of hydrogen-bond acceptors (Lipinski definition) is 3. The highest BCUT2D eigenvalue weighted by Crippen LogP contribution is 2.21. The summed E-state index contributed by atoms with van der Waals surface area (Å²) in [6.07, 6.45) is 1.89. The summed E-state index contributed by atoms with van der Waals surface area (Å²) < 4.78 is 14.0. The van der Waals surface area contributed by atoms with Crippen LogP contribution in [0, 0.1) is 17.1 Å². The van der Waals surface area contributed by atoms with Gasteiger partial charge in [-0.2, -0.15) is 5.26 Å². The lowest BCUT2D eigenvalue weighted by atomic mass is 9.98. The van der Waals surface area contributed by atoms with Crippen molar-refractivity contribution in [2.24, 2.45) is 5.73 Å². The van der Waals surface area contributed by atoms with Gasteiger partial charge in [-0.15, -0.1) is 0 Å². The van der Waals surface area contributed by atoms with Crippen LogP contribution in [0.15, 0.2) is 18.2 Å². The topological polar surface area (TPSA) is 53.0 Å². The van der Waals surface area contributed by atoms with Crippen LogP contribution in [0.2, 0.25) is 0 Å². The molecule has 0 spiro atoms. The van der Waals surface area contributed by atoms with Gasteiger partial charge in [0.1, 0.15) is 11.9 Å². The highest BCUT2D eigenvalue weighted by atomic mass is 19.1. The molecular formula is C14H18FN3. The first-order valence-corrected chi connectivity index (χ1v) is 6.29. The molecule has 0 radical (unpaired) electrons. The summed E-state index contributed by atoms with van der Waals surface area (Å²) in [5.41, 5.74) is 6.63. The van der Waals surface area contributed by atoms with Crippen molar-refractivity contribution in [3.05, 3.63) is 35.1 Å². The highest BCUT2D eigenvalue weighted by Gasteiger charge is 2.24. The molecule has 18 heavy (non-hydrogen) atoms. The second-order valence-electron chi connectivity index (χ2n) is 4.99. The minimum absolute atomic E-state index is 0.119. The van der Waals surface area contributed by atoms with Crippen molar-refractivity contribution in [1.82, 2.24) is 4.90 Å². The van der Waals surface area contributed by atoms with E-state index >= 15 is 0 Å². The van der Waals surface area contributed by atoms with Crippen molar-refractivity contribution in [2.75, 3.05) is 6.54 Å². The van der Waals surface area contributed by atoms with E-state index in [0.717, 1.165) is 19.4 Å². The summed E-state index contributed by atoms with van der Waals surface area (Å²) in [5.74, 6) is -0.387. The molecular weight excluding hydrogens is 229 g/mol. The van der Waals surface area contributed by atoms with Crippen molar-refractivity contribution in [3.8, 4) is 6.07 Å². The van der Waals surface area contributed by atoms with Crippen LogP contribution in [0.1, 0.15) is 30.9 Å². The van der Waals surface area contributed by atoms with Crippen molar-refractivity contribution in [2.45, 2.75) is 38.4 Å². The molecule has 0 saturated carbocycles. The van der Waals surface area contributed by atoms with E-state index in [0.29, 0.717) is 18.2 Å². The van der Waals surface area contributed by atoms with Gasteiger partial charge < -0.3 is 5.73 Å². The van der Waals surface area contributed by atoms with E-state index in [1.807, 2.05) is 6.07 Å². The number of nitrogens with two attached hydrogens (primary N) is 1. The zero-order valence-electron chi connectivity index (χ0n) is 10.6. The van der Waals surface area contributed by atoms with Crippen molar-refractivity contribution >= 4 is 0 Å². The van der Waals surface area contributed by atoms with Gasteiger partial charge in [-0.3, -0.25) is 4.90 Å². The Labute approximate surface area is 107 Å². The van der Waals surface area contributed by atoms with Crippen LogP contribution in [-0.2, 0) is 6.54 Å². The second kappa shape index (κ2) is 5.47. The zero-order valence-corrected chi connectivity index (χ0v) is 10.6. The fourth-order valence-electron chi connectivity index (χ4n) is 2.50. The van der Waals surface area contributed by atoms with Crippen molar-refractivity contribution < 1.29 is 4.39 Å². The molecule has 0 bridgehead atoms. The Morgan fingerprint density at radius 3 is 3.00 bits per heavy atom. The lowest BCUT2D eigenvalue weighted by Gasteiger charge is -2.36. The molecule has 1 aromatic carbocycles. The lowest BCUT2D eigenvalue weighted by molar-refractivity contribution is 0.138. The molecule has 96 valence electrons. The molecule has 2 N–H and O–H groups in total. The van der Waals surface area contributed by atoms with Gasteiger partial charge in [-0.1, -0.05) is 12.1 Å². The summed E-state index contributed by atoms with van der Waals surface area (Å²) in [5, 5.41) is 8.82. The minimum Gasteiger partial charge on any atom is -0.328 e. The fraction of sp³-hybridized carbons (Fsp3) is 0.500. The van der Waals surface area contributed by atoms with Crippen LogP contribution in [0.25, 0.3) is 0 Å². The summed E-state index contributed by atoms with van der Waals surface area (Å²) in [6.45, 7) is 3.55. The Kier molecular flexibility index (Phi) is 3.95. The first-order chi connectivity index (χ1) is 8.61. The van der Waals surface area contributed by atoms with Gasteiger partial charge in [0.05, 0.1) is 5.56 Å². The summed E-state index contributed by atoms with van der Waals surface area (Å²) in [6, 6.07) is 7.48. The molecule has 1 aromatic rings. The first-order valence-electron chi connectivity index (χ1n) is 6.29. The van der Waals surface area contributed by atoms with Gasteiger partial charge in [-0.25, -0.2) is 4.39 Å². The number of benzene rings is 1. The smallest absolute Gasteiger partial charge is 0.145 e. The monoisotopic (exact) mass is 247 g/mol. The van der Waals surface area contributed by atoms with E-state index in [-0.39, 0.29) is 17.4 Å². The average molecular weight is 247 g/mol. The molecule has 1 fully saturated rings. The van der Waals surface area contributed by atoms with E-state index < -0.39 is 0 Å². The molecule has 1 aliphatic heterocycles. The van der Waals surface area contributed by atoms with Gasteiger partial charge in [0.25, 0.3) is 0 Å². The SMILES string of the molecule is CC1CC(N)CCN1Cc1cccc(C#N)c1F. The van der Waals surface area contributed by atoms with Gasteiger partial charge in [0, 0.05) is 30.7 Å². The van der Waals surface area contributed by atoms with Crippen molar-refractivity contribution in [1.29, 1.82) is 5.26 Å². The second-order valence-corrected chi connectivity index (χ2v) is 4.99. The molecule has 1 saturated heterocycles. The molecule has 0 aromatic heterocycles. The van der Waals surface area contributed by atoms with E-state index in [1.165, 1.54) is 6.07 Å². The Hall–Kier alpha value is -1.44. The van der Waals surface area contributed by atoms with Gasteiger partial charge in [0.2, 0.25) is 0 Å². The van der Waals surface area contributed by atoms with Crippen LogP contribution >= 0.6 is 0 Å². The molecule has 0 amide bonds. The summed E-state index contributed by atoms with van der Waals surface area (Å²) in [4.78, 5) is 2.23. The van der Waals surface area contributed by atoms with Gasteiger partial charge in [0.15, 0.2) is 0 Å². The van der Waals surface area contributed by atoms with Gasteiger partial charge >= 0.3 is 0 Å². The average Bonchev–Trinajstić information content (AvgIpc) is 2.35. The predicted octanol–water partition coefficient (Wildman–Crippen LogP) is 2.01. The number of likely N-dealkylation sites (tertiary alicyclic amines) is 1. The van der Waals surface area contributed by atoms with Gasteiger partial charge in [-0.05, 0) is 25.8 Å². The fourth-order valence-corrected chi connectivity index (χ4v) is 2.50. The molecule has 2 unspecified atom stereocenters. The van der Waals surface area contributed by atoms with Crippen LogP contribution in [0.3, 0.4) is 0 Å². The Balaban J connectivity index is 2.13. The summed E-state index contributed by atoms with van der Waals surface area (Å²) >= 11 is 0. The van der Waals surface area contributed by atoms with Crippen LogP contribution in [0.4, 0.5) is 4.39 Å². The third kappa shape index (κ3) is 2.69. The number of rotatable bonds is 2. The number of nitriles is 1. The van der Waals surface area contributed by atoms with Crippen LogP contribution in [0.5, 0.6) is 0 Å². The number of hydrogen-bond donors (Lipinski definition) is 1. The van der Waals surface area contributed by atoms with E-state index in [9.17, 15) is 4.39 Å². The Bertz CT molecular complexity index is 467. The van der Waals surface area contributed by atoms with Crippen molar-refractivity contribution in [3.63, 3.8) is 0 Å². The lowest BCUT2D eigenvalue weighted by Crippen LogP contribution is -2.45. The quantitative estimate of drug-likeness (QED) is 0.869. The molecule has 0 aliphatic carbocycles. The largest absolute Gasteiger partial charge is 0.328 e. The molecule has 1 heterocycles. The molecule has 3 nitrogen and oxygen atoms in total. The third-order valence-electron chi connectivity index (χ3n) is 3.63. The maximum atomic E-state index is 14.0. The molecule has 2 atom stereocenters. The standard InChI is InChI=1S/C14H18FN3/c1-10-7-13(17)5-6-18(10)9-12-4-2-3-11(8-16)14(12)15/h2-4,10,13H,5-7,9,17H2,1H3. The summed E-state index contributed by atoms with van der Waals surface area (Å²) in [7, 11) is 0. The number of nitrogens with zero attached hydrogens (tertiary/aromatic N) is 2. The van der Waals surface area contributed by atoms with Crippen LogP contribution in [-0.4, -0.2) is 23.5 Å². The third-order valence-corrected chi connectivity index (χ3v) is 3.63. The zero-order chi connectivity index (χ0) is 13.1. The Morgan fingerprint density at radius 1 is 1.56 bits per heavy atom. The highest BCUT2D eigenvalue weighted by molar-refractivity contribution is 5.34. The minimum atomic E-state index is -0.387. The van der Waals surface area contributed by atoms with E-state index in [2.05, 4.69) is 11.8 Å². The van der Waals surface area contributed by atoms with Crippen LogP contribution < -0.4 is 5.73 Å². The molecule has 4 heteroatoms. The normalized spacial score (nSPS) is 24.8. The van der Waals surface area contributed by atoms with E-state index in [4.69, 9.17) is 11.0 Å². The van der Waals surface area contributed by atoms with E-state index in [1.54, 1.807) is 12.1 Å². The maximum absolute atomic E-state index is 14.0. The first kappa shape index (κ1) is 13.0. The Morgan fingerprint density at radius 2 is 2.33 bits per heavy atom. The number of halogens is 1. The number of piperidine rings is 1. The predicted molar refractivity (Wildman–Crippen MR) is 68.2 cm³/mol. The molecule has 1 aliphatic rings. The maximum Gasteiger partial charge on any atom is 0.145 e.